The van der Waals surface area contributed by atoms with Crippen LogP contribution in [0.15, 0.2) is 35.1 Å². The summed E-state index contributed by atoms with van der Waals surface area (Å²) in [5.41, 5.74) is 0.956. The summed E-state index contributed by atoms with van der Waals surface area (Å²) >= 11 is 3.34. The minimum absolute atomic E-state index is 0.0216. The molecule has 0 aliphatic rings. The number of aromatic carboxylic acids is 1. The van der Waals surface area contributed by atoms with Gasteiger partial charge in [-0.25, -0.2) is 14.8 Å². The van der Waals surface area contributed by atoms with E-state index in [1.54, 1.807) is 6.07 Å². The van der Waals surface area contributed by atoms with Crippen LogP contribution < -0.4 is 4.74 Å². The second-order valence-electron chi connectivity index (χ2n) is 3.57. The zero-order valence-electron chi connectivity index (χ0n) is 9.42. The first-order chi connectivity index (χ1) is 8.56. The Morgan fingerprint density at radius 1 is 1.33 bits per heavy atom. The summed E-state index contributed by atoms with van der Waals surface area (Å²) in [6.45, 7) is 1.90. The van der Waals surface area contributed by atoms with Gasteiger partial charge < -0.3 is 9.84 Å². The fourth-order valence-corrected chi connectivity index (χ4v) is 1.60. The highest BCUT2D eigenvalue weighted by molar-refractivity contribution is 9.10. The van der Waals surface area contributed by atoms with Crippen LogP contribution in [0.2, 0.25) is 0 Å². The Hall–Kier alpha value is -1.95. The Kier molecular flexibility index (Phi) is 3.57. The molecular weight excluding hydrogens is 300 g/mol. The lowest BCUT2D eigenvalue weighted by Gasteiger charge is -2.07. The number of aromatic nitrogens is 2. The number of ether oxygens (including phenoxy) is 1. The van der Waals surface area contributed by atoms with Crippen LogP contribution >= 0.6 is 15.9 Å². The van der Waals surface area contributed by atoms with Gasteiger partial charge >= 0.3 is 12.0 Å². The van der Waals surface area contributed by atoms with Crippen LogP contribution in [0.5, 0.6) is 11.8 Å². The van der Waals surface area contributed by atoms with Gasteiger partial charge in [-0.1, -0.05) is 22.0 Å². The number of aryl methyl sites for hydroxylation is 1. The van der Waals surface area contributed by atoms with E-state index in [1.165, 1.54) is 12.4 Å². The SMILES string of the molecule is Cc1ccc(Br)cc1Oc1ncc(C(=O)O)cn1. The van der Waals surface area contributed by atoms with E-state index in [0.29, 0.717) is 5.75 Å². The van der Waals surface area contributed by atoms with Crippen LogP contribution in [0.4, 0.5) is 0 Å². The van der Waals surface area contributed by atoms with Gasteiger partial charge in [-0.15, -0.1) is 0 Å². The molecule has 1 heterocycles. The Balaban J connectivity index is 2.23. The fourth-order valence-electron chi connectivity index (χ4n) is 1.26. The highest BCUT2D eigenvalue weighted by atomic mass is 79.9. The van der Waals surface area contributed by atoms with Gasteiger partial charge in [-0.2, -0.15) is 0 Å². The minimum atomic E-state index is -1.07. The van der Waals surface area contributed by atoms with E-state index in [4.69, 9.17) is 9.84 Å². The molecule has 0 aliphatic heterocycles. The molecule has 2 aromatic rings. The standard InChI is InChI=1S/C12H9BrN2O3/c1-7-2-3-9(13)4-10(7)18-12-14-5-8(6-15-12)11(16)17/h2-6H,1H3,(H,16,17). The first-order valence-electron chi connectivity index (χ1n) is 5.05. The third kappa shape index (κ3) is 2.84. The quantitative estimate of drug-likeness (QED) is 0.943. The molecule has 0 saturated carbocycles. The van der Waals surface area contributed by atoms with Crippen molar-refractivity contribution in [3.05, 3.63) is 46.2 Å². The predicted octanol–water partition coefficient (Wildman–Crippen LogP) is 3.04. The molecule has 0 aliphatic carbocycles. The van der Waals surface area contributed by atoms with Crippen LogP contribution in [-0.4, -0.2) is 21.0 Å². The molecule has 1 N–H and O–H groups in total. The van der Waals surface area contributed by atoms with Crippen molar-refractivity contribution < 1.29 is 14.6 Å². The summed E-state index contributed by atoms with van der Waals surface area (Å²) in [5.74, 6) is -0.451. The third-order valence-electron chi connectivity index (χ3n) is 2.23. The molecule has 0 unspecified atom stereocenters. The number of carboxylic acid groups (broad SMARTS) is 1. The zero-order valence-corrected chi connectivity index (χ0v) is 11.0. The summed E-state index contributed by atoms with van der Waals surface area (Å²) < 4.78 is 6.36. The Morgan fingerprint density at radius 2 is 2.00 bits per heavy atom. The van der Waals surface area contributed by atoms with E-state index in [2.05, 4.69) is 25.9 Å². The largest absolute Gasteiger partial charge is 0.478 e. The van der Waals surface area contributed by atoms with Gasteiger partial charge in [-0.05, 0) is 24.6 Å². The summed E-state index contributed by atoms with van der Waals surface area (Å²) in [4.78, 5) is 18.3. The average Bonchev–Trinajstić information content (AvgIpc) is 2.34. The number of carbonyl (C=O) groups is 1. The van der Waals surface area contributed by atoms with Gasteiger partial charge in [-0.3, -0.25) is 0 Å². The van der Waals surface area contributed by atoms with Gasteiger partial charge in [0.15, 0.2) is 0 Å². The maximum Gasteiger partial charge on any atom is 0.338 e. The van der Waals surface area contributed by atoms with Crippen LogP contribution in [-0.2, 0) is 0 Å². The van der Waals surface area contributed by atoms with E-state index in [9.17, 15) is 4.79 Å². The van der Waals surface area contributed by atoms with Gasteiger partial charge in [0.05, 0.1) is 5.56 Å². The lowest BCUT2D eigenvalue weighted by molar-refractivity contribution is 0.0696. The number of benzene rings is 1. The fraction of sp³-hybridized carbons (Fsp3) is 0.0833. The molecule has 5 nitrogen and oxygen atoms in total. The molecule has 18 heavy (non-hydrogen) atoms. The lowest BCUT2D eigenvalue weighted by Crippen LogP contribution is -2.00. The second kappa shape index (κ2) is 5.14. The third-order valence-corrected chi connectivity index (χ3v) is 2.72. The molecule has 0 saturated heterocycles. The van der Waals surface area contributed by atoms with E-state index in [0.717, 1.165) is 10.0 Å². The maximum atomic E-state index is 10.6. The molecule has 0 bridgehead atoms. The topological polar surface area (TPSA) is 72.3 Å². The van der Waals surface area contributed by atoms with E-state index >= 15 is 0 Å². The van der Waals surface area contributed by atoms with Gasteiger partial charge in [0, 0.05) is 16.9 Å². The summed E-state index contributed by atoms with van der Waals surface area (Å²) in [7, 11) is 0. The smallest absolute Gasteiger partial charge is 0.338 e. The van der Waals surface area contributed by atoms with E-state index < -0.39 is 5.97 Å². The predicted molar refractivity (Wildman–Crippen MR) is 67.9 cm³/mol. The summed E-state index contributed by atoms with van der Waals surface area (Å²) in [6, 6.07) is 5.70. The number of nitrogens with zero attached hydrogens (tertiary/aromatic N) is 2. The van der Waals surface area contributed by atoms with Crippen LogP contribution in [0, 0.1) is 6.92 Å². The first kappa shape index (κ1) is 12.5. The lowest BCUT2D eigenvalue weighted by atomic mass is 10.2. The zero-order chi connectivity index (χ0) is 13.1. The van der Waals surface area contributed by atoms with Gasteiger partial charge in [0.2, 0.25) is 0 Å². The van der Waals surface area contributed by atoms with Crippen molar-refractivity contribution in [3.8, 4) is 11.8 Å². The summed E-state index contributed by atoms with van der Waals surface area (Å²) in [6.07, 6.45) is 2.41. The molecule has 1 aromatic heterocycles. The number of hydrogen-bond acceptors (Lipinski definition) is 4. The van der Waals surface area contributed by atoms with Gasteiger partial charge in [0.25, 0.3) is 0 Å². The van der Waals surface area contributed by atoms with Crippen LogP contribution in [0.1, 0.15) is 15.9 Å². The molecule has 6 heteroatoms. The number of carboxylic acids is 1. The van der Waals surface area contributed by atoms with Crippen molar-refractivity contribution in [1.82, 2.24) is 9.97 Å². The van der Waals surface area contributed by atoms with Crippen molar-refractivity contribution in [1.29, 1.82) is 0 Å². The Bertz CT molecular complexity index is 584. The molecule has 0 radical (unpaired) electrons. The number of rotatable bonds is 3. The number of hydrogen-bond donors (Lipinski definition) is 1. The number of halogens is 1. The average molecular weight is 309 g/mol. The Morgan fingerprint density at radius 3 is 2.61 bits per heavy atom. The van der Waals surface area contributed by atoms with Gasteiger partial charge in [0.1, 0.15) is 5.75 Å². The van der Waals surface area contributed by atoms with E-state index in [-0.39, 0.29) is 11.6 Å². The Labute approximate surface area is 112 Å². The summed E-state index contributed by atoms with van der Waals surface area (Å²) in [5, 5.41) is 8.72. The first-order valence-corrected chi connectivity index (χ1v) is 5.85. The van der Waals surface area contributed by atoms with Crippen molar-refractivity contribution in [2.24, 2.45) is 0 Å². The highest BCUT2D eigenvalue weighted by Gasteiger charge is 2.07. The van der Waals surface area contributed by atoms with Crippen LogP contribution in [0.25, 0.3) is 0 Å². The molecule has 2 rings (SSSR count). The van der Waals surface area contributed by atoms with Crippen LogP contribution in [0.3, 0.4) is 0 Å². The maximum absolute atomic E-state index is 10.6. The second-order valence-corrected chi connectivity index (χ2v) is 4.49. The van der Waals surface area contributed by atoms with Crippen molar-refractivity contribution in [2.45, 2.75) is 6.92 Å². The molecule has 0 amide bonds. The molecular formula is C12H9BrN2O3. The molecule has 92 valence electrons. The van der Waals surface area contributed by atoms with Crippen molar-refractivity contribution >= 4 is 21.9 Å². The van der Waals surface area contributed by atoms with Crippen molar-refractivity contribution in [3.63, 3.8) is 0 Å². The minimum Gasteiger partial charge on any atom is -0.478 e. The molecule has 1 aromatic carbocycles. The molecule has 0 fully saturated rings. The normalized spacial score (nSPS) is 10.1. The molecule has 0 spiro atoms. The monoisotopic (exact) mass is 308 g/mol. The van der Waals surface area contributed by atoms with Crippen molar-refractivity contribution in [2.75, 3.05) is 0 Å². The molecule has 0 atom stereocenters. The highest BCUT2D eigenvalue weighted by Crippen LogP contribution is 2.26. The van der Waals surface area contributed by atoms with E-state index in [1.807, 2.05) is 19.1 Å².